The summed E-state index contributed by atoms with van der Waals surface area (Å²) in [6, 6.07) is -1.07. The topological polar surface area (TPSA) is 162 Å². The highest BCUT2D eigenvalue weighted by Gasteiger charge is 2.36. The van der Waals surface area contributed by atoms with Crippen LogP contribution in [0.1, 0.15) is 97.6 Å². The summed E-state index contributed by atoms with van der Waals surface area (Å²) >= 11 is 6.97. The number of alkyl halides is 1. The van der Waals surface area contributed by atoms with Gasteiger partial charge in [0.05, 0.1) is 13.0 Å². The van der Waals surface area contributed by atoms with E-state index in [4.69, 9.17) is 25.8 Å². The average molecular weight is 659 g/mol. The first-order chi connectivity index (χ1) is 20.1. The van der Waals surface area contributed by atoms with E-state index < -0.39 is 58.7 Å². The van der Waals surface area contributed by atoms with Gasteiger partial charge in [0.2, 0.25) is 11.8 Å². The van der Waals surface area contributed by atoms with Crippen LogP contribution in [0.15, 0.2) is 17.5 Å². The maximum absolute atomic E-state index is 13.2. The molecule has 1 heterocycles. The van der Waals surface area contributed by atoms with E-state index in [1.807, 2.05) is 0 Å². The van der Waals surface area contributed by atoms with Crippen LogP contribution < -0.4 is 16.0 Å². The van der Waals surface area contributed by atoms with E-state index in [-0.39, 0.29) is 24.6 Å². The molecule has 0 aromatic carbocycles. The zero-order valence-electron chi connectivity index (χ0n) is 27.3. The molecule has 3 N–H and O–H groups in total. The molecular formula is C30H47ClN4O8S. The highest BCUT2D eigenvalue weighted by molar-refractivity contribution is 7.09. The Morgan fingerprint density at radius 1 is 1.00 bits per heavy atom. The largest absolute Gasteiger partial charge is 0.456 e. The lowest BCUT2D eigenvalue weighted by Gasteiger charge is -2.30. The number of rotatable bonds is 14. The highest BCUT2D eigenvalue weighted by atomic mass is 35.5. The molecule has 1 aromatic heterocycles. The number of alkyl carbamates (subject to hydrolysis) is 1. The number of allylic oxidation sites excluding steroid dienone is 1. The first-order valence-electron chi connectivity index (χ1n) is 14.3. The zero-order chi connectivity index (χ0) is 33.9. The molecule has 0 aliphatic carbocycles. The fraction of sp³-hybridized carbons (Fsp3) is 0.667. The summed E-state index contributed by atoms with van der Waals surface area (Å²) in [6.45, 7) is 16.8. The van der Waals surface area contributed by atoms with Crippen molar-refractivity contribution in [3.8, 4) is 0 Å². The molecule has 0 saturated carbocycles. The Hall–Kier alpha value is -3.19. The first-order valence-corrected chi connectivity index (χ1v) is 15.7. The van der Waals surface area contributed by atoms with Crippen molar-refractivity contribution in [1.82, 2.24) is 20.9 Å². The summed E-state index contributed by atoms with van der Waals surface area (Å²) in [4.78, 5) is 67.8. The van der Waals surface area contributed by atoms with Crippen molar-refractivity contribution in [3.63, 3.8) is 0 Å². The van der Waals surface area contributed by atoms with Gasteiger partial charge in [0.1, 0.15) is 33.9 Å². The van der Waals surface area contributed by atoms with Gasteiger partial charge in [-0.05, 0) is 73.8 Å². The third-order valence-electron chi connectivity index (χ3n) is 5.47. The standard InChI is InChI=1S/C30H47ClN4O8S/c1-18(2)23(34-26(39)30(9,10)35-27(40)43-29(6,7)8)25(38)41-19(13-11-12-14-31)15-21(36)32-16-22-33-20(17-44-22)24(37)42-28(3,4)5/h11,13,17-19,23H,12,14-16H2,1-10H3,(H,32,36)(H,34,39)(H,35,40)/b13-11+. The number of hydrogen-bond donors (Lipinski definition) is 3. The summed E-state index contributed by atoms with van der Waals surface area (Å²) in [7, 11) is 0. The van der Waals surface area contributed by atoms with Crippen molar-refractivity contribution < 1.29 is 38.2 Å². The van der Waals surface area contributed by atoms with Gasteiger partial charge in [-0.2, -0.15) is 0 Å². The van der Waals surface area contributed by atoms with E-state index >= 15 is 0 Å². The molecule has 2 atom stereocenters. The van der Waals surface area contributed by atoms with Gasteiger partial charge in [-0.1, -0.05) is 19.9 Å². The number of thiazole rings is 1. The molecule has 248 valence electrons. The number of halogens is 1. The Labute approximate surface area is 269 Å². The smallest absolute Gasteiger partial charge is 0.408 e. The number of nitrogens with zero attached hydrogens (tertiary/aromatic N) is 1. The van der Waals surface area contributed by atoms with Crippen LogP contribution in [0.2, 0.25) is 0 Å². The van der Waals surface area contributed by atoms with Gasteiger partial charge >= 0.3 is 18.0 Å². The van der Waals surface area contributed by atoms with Gasteiger partial charge in [0, 0.05) is 11.3 Å². The first kappa shape index (κ1) is 38.8. The summed E-state index contributed by atoms with van der Waals surface area (Å²) in [5, 5.41) is 9.93. The van der Waals surface area contributed by atoms with Crippen LogP contribution in [-0.2, 0) is 35.1 Å². The van der Waals surface area contributed by atoms with Crippen molar-refractivity contribution in [1.29, 1.82) is 0 Å². The molecule has 0 fully saturated rings. The molecule has 0 saturated heterocycles. The third kappa shape index (κ3) is 15.0. The molecular weight excluding hydrogens is 612 g/mol. The number of amides is 3. The number of carbonyl (C=O) groups is 5. The van der Waals surface area contributed by atoms with Crippen LogP contribution >= 0.6 is 22.9 Å². The van der Waals surface area contributed by atoms with Gasteiger partial charge < -0.3 is 30.2 Å². The second-order valence-electron chi connectivity index (χ2n) is 12.9. The van der Waals surface area contributed by atoms with Crippen LogP contribution in [-0.4, -0.2) is 69.6 Å². The zero-order valence-corrected chi connectivity index (χ0v) is 28.9. The van der Waals surface area contributed by atoms with E-state index in [9.17, 15) is 24.0 Å². The Morgan fingerprint density at radius 3 is 2.16 bits per heavy atom. The van der Waals surface area contributed by atoms with Gasteiger partial charge in [-0.15, -0.1) is 22.9 Å². The molecule has 3 amide bonds. The maximum atomic E-state index is 13.2. The molecule has 0 spiro atoms. The number of esters is 2. The van der Waals surface area contributed by atoms with Gasteiger partial charge in [-0.3, -0.25) is 9.59 Å². The van der Waals surface area contributed by atoms with Gasteiger partial charge in [0.15, 0.2) is 5.69 Å². The number of ether oxygens (including phenoxy) is 3. The lowest BCUT2D eigenvalue weighted by Crippen LogP contribution is -2.59. The highest BCUT2D eigenvalue weighted by Crippen LogP contribution is 2.16. The predicted octanol–water partition coefficient (Wildman–Crippen LogP) is 4.65. The number of carbonyl (C=O) groups excluding carboxylic acids is 5. The Bertz CT molecular complexity index is 1180. The normalized spacial score (nSPS) is 13.6. The van der Waals surface area contributed by atoms with E-state index in [1.54, 1.807) is 72.9 Å². The van der Waals surface area contributed by atoms with Crippen LogP contribution in [0, 0.1) is 5.92 Å². The molecule has 0 aliphatic rings. The fourth-order valence-electron chi connectivity index (χ4n) is 3.36. The average Bonchev–Trinajstić information content (AvgIpc) is 3.32. The number of hydrogen-bond acceptors (Lipinski definition) is 10. The lowest BCUT2D eigenvalue weighted by atomic mass is 10.00. The predicted molar refractivity (Wildman–Crippen MR) is 168 cm³/mol. The molecule has 0 aliphatic heterocycles. The van der Waals surface area contributed by atoms with E-state index in [2.05, 4.69) is 20.9 Å². The lowest BCUT2D eigenvalue weighted by molar-refractivity contribution is -0.153. The number of aromatic nitrogens is 1. The molecule has 1 rings (SSSR count). The van der Waals surface area contributed by atoms with Crippen molar-refractivity contribution in [2.24, 2.45) is 5.92 Å². The van der Waals surface area contributed by atoms with Gasteiger partial charge in [0.25, 0.3) is 0 Å². The SMILES string of the molecule is CC(C)C(NC(=O)C(C)(C)NC(=O)OC(C)(C)C)C(=O)OC(/C=C/CCCl)CC(=O)NCc1nc(C(=O)OC(C)(C)C)cs1. The van der Waals surface area contributed by atoms with Gasteiger partial charge in [-0.25, -0.2) is 19.4 Å². The van der Waals surface area contributed by atoms with E-state index in [0.717, 1.165) is 0 Å². The Kier molecular flexibility index (Phi) is 14.8. The molecule has 44 heavy (non-hydrogen) atoms. The van der Waals surface area contributed by atoms with Crippen molar-refractivity contribution in [3.05, 3.63) is 28.2 Å². The molecule has 0 bridgehead atoms. The second-order valence-corrected chi connectivity index (χ2v) is 14.3. The summed E-state index contributed by atoms with van der Waals surface area (Å²) in [6.07, 6.45) is 1.80. The maximum Gasteiger partial charge on any atom is 0.408 e. The second kappa shape index (κ2) is 16.8. The quantitative estimate of drug-likeness (QED) is 0.112. The molecule has 14 heteroatoms. The summed E-state index contributed by atoms with van der Waals surface area (Å²) in [5.74, 6) is -2.41. The molecule has 1 aromatic rings. The Balaban J connectivity index is 2.89. The molecule has 0 radical (unpaired) electrons. The van der Waals surface area contributed by atoms with Crippen LogP contribution in [0.4, 0.5) is 4.79 Å². The van der Waals surface area contributed by atoms with E-state index in [0.29, 0.717) is 17.3 Å². The summed E-state index contributed by atoms with van der Waals surface area (Å²) in [5.41, 5.74) is -2.68. The molecule has 12 nitrogen and oxygen atoms in total. The van der Waals surface area contributed by atoms with Crippen LogP contribution in [0.5, 0.6) is 0 Å². The Morgan fingerprint density at radius 2 is 1.61 bits per heavy atom. The minimum absolute atomic E-state index is 0.0583. The fourth-order valence-corrected chi connectivity index (χ4v) is 4.19. The van der Waals surface area contributed by atoms with Crippen molar-refractivity contribution in [2.75, 3.05) is 5.88 Å². The van der Waals surface area contributed by atoms with Crippen LogP contribution in [0.3, 0.4) is 0 Å². The molecule has 2 unspecified atom stereocenters. The van der Waals surface area contributed by atoms with Crippen LogP contribution in [0.25, 0.3) is 0 Å². The third-order valence-corrected chi connectivity index (χ3v) is 6.53. The minimum atomic E-state index is -1.41. The van der Waals surface area contributed by atoms with E-state index in [1.165, 1.54) is 25.2 Å². The monoisotopic (exact) mass is 658 g/mol. The minimum Gasteiger partial charge on any atom is -0.456 e. The van der Waals surface area contributed by atoms with Crippen molar-refractivity contribution in [2.45, 2.75) is 118 Å². The number of nitrogens with one attached hydrogen (secondary N) is 3. The summed E-state index contributed by atoms with van der Waals surface area (Å²) < 4.78 is 16.2. The van der Waals surface area contributed by atoms with Crippen molar-refractivity contribution >= 4 is 52.8 Å².